The highest BCUT2D eigenvalue weighted by molar-refractivity contribution is 5.21. The minimum absolute atomic E-state index is 0.233. The molecule has 0 aliphatic rings. The number of benzene rings is 1. The molecule has 0 aromatic heterocycles. The van der Waals surface area contributed by atoms with Crippen molar-refractivity contribution in [2.24, 2.45) is 11.8 Å². The molecule has 0 saturated heterocycles. The highest BCUT2D eigenvalue weighted by Crippen LogP contribution is 2.14. The van der Waals surface area contributed by atoms with Crippen molar-refractivity contribution in [3.63, 3.8) is 0 Å². The number of rotatable bonds is 7. The molecule has 0 aliphatic heterocycles. The molecule has 96 valence electrons. The maximum Gasteiger partial charge on any atom is 0.119 e. The molecular formula is C15H25NO. The van der Waals surface area contributed by atoms with Crippen LogP contribution in [0, 0.1) is 11.8 Å². The first-order valence-corrected chi connectivity index (χ1v) is 6.52. The van der Waals surface area contributed by atoms with E-state index in [0.717, 1.165) is 18.8 Å². The minimum Gasteiger partial charge on any atom is -0.489 e. The average Bonchev–Trinajstić information content (AvgIpc) is 2.28. The van der Waals surface area contributed by atoms with Crippen LogP contribution in [0.2, 0.25) is 0 Å². The zero-order chi connectivity index (χ0) is 12.7. The summed E-state index contributed by atoms with van der Waals surface area (Å²) in [7, 11) is 0. The molecule has 0 amide bonds. The van der Waals surface area contributed by atoms with Gasteiger partial charge in [0.25, 0.3) is 0 Å². The summed E-state index contributed by atoms with van der Waals surface area (Å²) in [6.45, 7) is 10.8. The molecule has 0 heterocycles. The van der Waals surface area contributed by atoms with E-state index in [2.05, 4.69) is 33.0 Å². The molecule has 2 heteroatoms. The predicted molar refractivity (Wildman–Crippen MR) is 73.4 cm³/mol. The molecule has 0 aliphatic carbocycles. The maximum atomic E-state index is 6.00. The lowest BCUT2D eigenvalue weighted by Crippen LogP contribution is -2.36. The molecule has 0 saturated carbocycles. The van der Waals surface area contributed by atoms with E-state index in [0.29, 0.717) is 11.8 Å². The Morgan fingerprint density at radius 2 is 1.65 bits per heavy atom. The summed E-state index contributed by atoms with van der Waals surface area (Å²) in [6.07, 6.45) is 0.233. The predicted octanol–water partition coefficient (Wildman–Crippen LogP) is 3.34. The Morgan fingerprint density at radius 1 is 1.00 bits per heavy atom. The van der Waals surface area contributed by atoms with E-state index in [1.54, 1.807) is 0 Å². The lowest BCUT2D eigenvalue weighted by Gasteiger charge is -2.23. The summed E-state index contributed by atoms with van der Waals surface area (Å²) in [6, 6.07) is 10.0. The highest BCUT2D eigenvalue weighted by atomic mass is 16.5. The van der Waals surface area contributed by atoms with Crippen LogP contribution in [0.1, 0.15) is 27.7 Å². The SMILES string of the molecule is CC(C)CNCC(Oc1ccccc1)C(C)C. The van der Waals surface area contributed by atoms with Crippen molar-refractivity contribution < 1.29 is 4.74 Å². The summed E-state index contributed by atoms with van der Waals surface area (Å²) in [5.74, 6) is 2.15. The van der Waals surface area contributed by atoms with Gasteiger partial charge in [-0.2, -0.15) is 0 Å². The molecule has 1 rings (SSSR count). The van der Waals surface area contributed by atoms with Gasteiger partial charge >= 0.3 is 0 Å². The third-order valence-electron chi connectivity index (χ3n) is 2.67. The molecule has 2 nitrogen and oxygen atoms in total. The van der Waals surface area contributed by atoms with Gasteiger partial charge in [-0.1, -0.05) is 45.9 Å². The maximum absolute atomic E-state index is 6.00. The van der Waals surface area contributed by atoms with Crippen LogP contribution in [0.4, 0.5) is 0 Å². The molecule has 1 aromatic rings. The van der Waals surface area contributed by atoms with Crippen molar-refractivity contribution in [1.82, 2.24) is 5.32 Å². The largest absolute Gasteiger partial charge is 0.489 e. The fraction of sp³-hybridized carbons (Fsp3) is 0.600. The fourth-order valence-electron chi connectivity index (χ4n) is 1.60. The van der Waals surface area contributed by atoms with Crippen LogP contribution in [-0.4, -0.2) is 19.2 Å². The first kappa shape index (κ1) is 14.0. The number of hydrogen-bond donors (Lipinski definition) is 1. The number of nitrogens with one attached hydrogen (secondary N) is 1. The van der Waals surface area contributed by atoms with E-state index < -0.39 is 0 Å². The third-order valence-corrected chi connectivity index (χ3v) is 2.67. The molecular weight excluding hydrogens is 210 g/mol. The van der Waals surface area contributed by atoms with Gasteiger partial charge in [-0.25, -0.2) is 0 Å². The quantitative estimate of drug-likeness (QED) is 0.782. The molecule has 1 unspecified atom stereocenters. The molecule has 0 spiro atoms. The Kier molecular flexibility index (Phi) is 6.06. The van der Waals surface area contributed by atoms with Gasteiger partial charge in [-0.05, 0) is 30.5 Å². The van der Waals surface area contributed by atoms with Crippen LogP contribution in [0.25, 0.3) is 0 Å². The van der Waals surface area contributed by atoms with Gasteiger partial charge in [0.15, 0.2) is 0 Å². The third kappa shape index (κ3) is 5.73. The van der Waals surface area contributed by atoms with E-state index in [-0.39, 0.29) is 6.10 Å². The van der Waals surface area contributed by atoms with Gasteiger partial charge in [-0.15, -0.1) is 0 Å². The summed E-state index contributed by atoms with van der Waals surface area (Å²) < 4.78 is 6.00. The van der Waals surface area contributed by atoms with Crippen molar-refractivity contribution in [2.75, 3.05) is 13.1 Å². The van der Waals surface area contributed by atoms with Crippen LogP contribution in [0.15, 0.2) is 30.3 Å². The molecule has 0 bridgehead atoms. The van der Waals surface area contributed by atoms with Crippen molar-refractivity contribution in [3.8, 4) is 5.75 Å². The average molecular weight is 235 g/mol. The number of para-hydroxylation sites is 1. The monoisotopic (exact) mass is 235 g/mol. The second-order valence-electron chi connectivity index (χ2n) is 5.27. The zero-order valence-electron chi connectivity index (χ0n) is 11.4. The van der Waals surface area contributed by atoms with E-state index in [1.165, 1.54) is 0 Å². The van der Waals surface area contributed by atoms with Gasteiger partial charge in [0.1, 0.15) is 11.9 Å². The van der Waals surface area contributed by atoms with E-state index in [1.807, 2.05) is 30.3 Å². The van der Waals surface area contributed by atoms with Gasteiger partial charge in [0.05, 0.1) is 0 Å². The standard InChI is InChI=1S/C15H25NO/c1-12(2)10-16-11-15(13(3)4)17-14-8-6-5-7-9-14/h5-9,12-13,15-16H,10-11H2,1-4H3. The molecule has 0 fully saturated rings. The zero-order valence-corrected chi connectivity index (χ0v) is 11.4. The highest BCUT2D eigenvalue weighted by Gasteiger charge is 2.14. The van der Waals surface area contributed by atoms with Gasteiger partial charge in [0, 0.05) is 6.54 Å². The molecule has 1 N–H and O–H groups in total. The second kappa shape index (κ2) is 7.33. The summed E-state index contributed by atoms with van der Waals surface area (Å²) >= 11 is 0. The lowest BCUT2D eigenvalue weighted by molar-refractivity contribution is 0.148. The molecule has 17 heavy (non-hydrogen) atoms. The van der Waals surface area contributed by atoms with Gasteiger partial charge in [-0.3, -0.25) is 0 Å². The van der Waals surface area contributed by atoms with Gasteiger partial charge < -0.3 is 10.1 Å². The lowest BCUT2D eigenvalue weighted by atomic mass is 10.1. The van der Waals surface area contributed by atoms with Crippen LogP contribution >= 0.6 is 0 Å². The Balaban J connectivity index is 2.44. The Labute approximate surface area is 105 Å². The molecule has 0 radical (unpaired) electrons. The Morgan fingerprint density at radius 3 is 2.18 bits per heavy atom. The summed E-state index contributed by atoms with van der Waals surface area (Å²) in [5, 5.41) is 3.46. The number of hydrogen-bond acceptors (Lipinski definition) is 2. The topological polar surface area (TPSA) is 21.3 Å². The van der Waals surface area contributed by atoms with Crippen molar-refractivity contribution in [3.05, 3.63) is 30.3 Å². The van der Waals surface area contributed by atoms with Crippen molar-refractivity contribution >= 4 is 0 Å². The van der Waals surface area contributed by atoms with Crippen LogP contribution in [-0.2, 0) is 0 Å². The molecule has 1 atom stereocenters. The first-order valence-electron chi connectivity index (χ1n) is 6.52. The normalized spacial score (nSPS) is 13.1. The van der Waals surface area contributed by atoms with Crippen molar-refractivity contribution in [2.45, 2.75) is 33.8 Å². The van der Waals surface area contributed by atoms with E-state index >= 15 is 0 Å². The van der Waals surface area contributed by atoms with Crippen LogP contribution < -0.4 is 10.1 Å². The van der Waals surface area contributed by atoms with E-state index in [9.17, 15) is 0 Å². The minimum atomic E-state index is 0.233. The van der Waals surface area contributed by atoms with Gasteiger partial charge in [0.2, 0.25) is 0 Å². The van der Waals surface area contributed by atoms with Crippen molar-refractivity contribution in [1.29, 1.82) is 0 Å². The Hall–Kier alpha value is -1.02. The van der Waals surface area contributed by atoms with Crippen LogP contribution in [0.5, 0.6) is 5.75 Å². The summed E-state index contributed by atoms with van der Waals surface area (Å²) in [4.78, 5) is 0. The fourth-order valence-corrected chi connectivity index (χ4v) is 1.60. The van der Waals surface area contributed by atoms with Crippen LogP contribution in [0.3, 0.4) is 0 Å². The number of ether oxygens (including phenoxy) is 1. The second-order valence-corrected chi connectivity index (χ2v) is 5.27. The smallest absolute Gasteiger partial charge is 0.119 e. The first-order chi connectivity index (χ1) is 8.09. The molecule has 1 aromatic carbocycles. The Bertz CT molecular complexity index is 295. The summed E-state index contributed by atoms with van der Waals surface area (Å²) in [5.41, 5.74) is 0. The van der Waals surface area contributed by atoms with E-state index in [4.69, 9.17) is 4.74 Å².